The van der Waals surface area contributed by atoms with Gasteiger partial charge in [0.25, 0.3) is 0 Å². The monoisotopic (exact) mass is 361 g/mol. The van der Waals surface area contributed by atoms with E-state index < -0.39 is 10.0 Å². The number of nitrogen functional groups attached to an aromatic ring is 1. The summed E-state index contributed by atoms with van der Waals surface area (Å²) in [6.45, 7) is 2.09. The summed E-state index contributed by atoms with van der Waals surface area (Å²) in [6.07, 6.45) is 1.71. The van der Waals surface area contributed by atoms with E-state index in [1.807, 2.05) is 6.92 Å². The van der Waals surface area contributed by atoms with Crippen molar-refractivity contribution in [2.75, 3.05) is 5.73 Å². The van der Waals surface area contributed by atoms with Crippen LogP contribution < -0.4 is 10.5 Å². The molecule has 1 aromatic heterocycles. The van der Waals surface area contributed by atoms with Crippen LogP contribution in [0.1, 0.15) is 9.88 Å². The fraction of sp³-hybridized carbons (Fsp3) is 0.182. The topological polar surface area (TPSA) is 85.1 Å². The average Bonchev–Trinajstić information content (AvgIpc) is 2.76. The summed E-state index contributed by atoms with van der Waals surface area (Å²) in [6, 6.07) is 4.66. The van der Waals surface area contributed by atoms with Gasteiger partial charge in [-0.25, -0.2) is 18.1 Å². The van der Waals surface area contributed by atoms with Crippen molar-refractivity contribution in [2.24, 2.45) is 0 Å². The van der Waals surface area contributed by atoms with Gasteiger partial charge in [-0.3, -0.25) is 0 Å². The number of aryl methyl sites for hydroxylation is 1. The molecule has 0 radical (unpaired) electrons. The standard InChI is InChI=1S/C11H12BrN3O2S2/c1-7-5-14-11(18-7)6-15-19(16,17)10-4-8(13)2-3-9(10)12/h2-5,15H,6,13H2,1H3. The highest BCUT2D eigenvalue weighted by Gasteiger charge is 2.18. The SMILES string of the molecule is Cc1cnc(CNS(=O)(=O)c2cc(N)ccc2Br)s1. The molecule has 1 heterocycles. The maximum atomic E-state index is 12.2. The first-order chi connectivity index (χ1) is 8.88. The van der Waals surface area contributed by atoms with Crippen LogP contribution in [0.4, 0.5) is 5.69 Å². The van der Waals surface area contributed by atoms with E-state index >= 15 is 0 Å². The number of nitrogens with one attached hydrogen (secondary N) is 1. The second-order valence-corrected chi connectivity index (χ2v) is 7.79. The summed E-state index contributed by atoms with van der Waals surface area (Å²) in [5, 5.41) is 0.723. The molecule has 3 N–H and O–H groups in total. The van der Waals surface area contributed by atoms with Crippen LogP contribution in [0.2, 0.25) is 0 Å². The molecule has 0 fully saturated rings. The van der Waals surface area contributed by atoms with Crippen LogP contribution in [0.5, 0.6) is 0 Å². The van der Waals surface area contributed by atoms with Crippen LogP contribution in [0, 0.1) is 6.92 Å². The molecule has 0 bridgehead atoms. The Bertz CT molecular complexity index is 698. The first kappa shape index (κ1) is 14.4. The second kappa shape index (κ2) is 5.58. The Kier molecular flexibility index (Phi) is 4.24. The molecule has 8 heteroatoms. The number of sulfonamides is 1. The lowest BCUT2D eigenvalue weighted by Gasteiger charge is -2.08. The maximum Gasteiger partial charge on any atom is 0.242 e. The Hall–Kier alpha value is -0.960. The molecule has 0 amide bonds. The lowest BCUT2D eigenvalue weighted by atomic mass is 10.3. The Labute approximate surface area is 124 Å². The molecule has 5 nitrogen and oxygen atoms in total. The van der Waals surface area contributed by atoms with Gasteiger partial charge in [0.15, 0.2) is 0 Å². The van der Waals surface area contributed by atoms with Crippen molar-refractivity contribution < 1.29 is 8.42 Å². The van der Waals surface area contributed by atoms with Crippen molar-refractivity contribution in [3.05, 3.63) is 38.8 Å². The number of hydrogen-bond acceptors (Lipinski definition) is 5. The maximum absolute atomic E-state index is 12.2. The zero-order chi connectivity index (χ0) is 14.0. The second-order valence-electron chi connectivity index (χ2n) is 3.88. The van der Waals surface area contributed by atoms with E-state index in [0.29, 0.717) is 10.2 Å². The number of aromatic nitrogens is 1. The molecule has 0 saturated heterocycles. The minimum absolute atomic E-state index is 0.126. The number of halogens is 1. The molecule has 2 aromatic rings. The van der Waals surface area contributed by atoms with Gasteiger partial charge < -0.3 is 5.73 Å². The summed E-state index contributed by atoms with van der Waals surface area (Å²) in [7, 11) is -3.61. The van der Waals surface area contributed by atoms with E-state index in [-0.39, 0.29) is 11.4 Å². The van der Waals surface area contributed by atoms with Crippen molar-refractivity contribution in [1.82, 2.24) is 9.71 Å². The fourth-order valence-corrected chi connectivity index (χ4v) is 4.25. The number of rotatable bonds is 4. The van der Waals surface area contributed by atoms with E-state index in [1.165, 1.54) is 17.4 Å². The molecule has 2 rings (SSSR count). The number of anilines is 1. The van der Waals surface area contributed by atoms with Gasteiger partial charge in [0.1, 0.15) is 5.01 Å². The fourth-order valence-electron chi connectivity index (χ4n) is 1.44. The third kappa shape index (κ3) is 3.53. The molecular formula is C11H12BrN3O2S2. The van der Waals surface area contributed by atoms with Gasteiger partial charge in [-0.1, -0.05) is 0 Å². The predicted octanol–water partition coefficient (Wildman–Crippen LogP) is 2.27. The third-order valence-electron chi connectivity index (χ3n) is 2.33. The molecule has 102 valence electrons. The number of nitrogens with zero attached hydrogens (tertiary/aromatic N) is 1. The highest BCUT2D eigenvalue weighted by Crippen LogP contribution is 2.24. The van der Waals surface area contributed by atoms with Gasteiger partial charge in [0.05, 0.1) is 11.4 Å². The highest BCUT2D eigenvalue weighted by atomic mass is 79.9. The molecular weight excluding hydrogens is 350 g/mol. The Morgan fingerprint density at radius 1 is 1.47 bits per heavy atom. The van der Waals surface area contributed by atoms with E-state index in [9.17, 15) is 8.42 Å². The first-order valence-corrected chi connectivity index (χ1v) is 8.44. The Morgan fingerprint density at radius 3 is 2.84 bits per heavy atom. The smallest absolute Gasteiger partial charge is 0.242 e. The van der Waals surface area contributed by atoms with Crippen molar-refractivity contribution >= 4 is 43.0 Å². The van der Waals surface area contributed by atoms with Gasteiger partial charge in [0.2, 0.25) is 10.0 Å². The summed E-state index contributed by atoms with van der Waals surface area (Å²) in [4.78, 5) is 5.27. The number of thiazole rings is 1. The minimum atomic E-state index is -3.61. The van der Waals surface area contributed by atoms with Gasteiger partial charge in [0, 0.05) is 21.2 Å². The first-order valence-electron chi connectivity index (χ1n) is 5.34. The van der Waals surface area contributed by atoms with Crippen LogP contribution in [0.3, 0.4) is 0 Å². The van der Waals surface area contributed by atoms with E-state index in [0.717, 1.165) is 9.88 Å². The number of hydrogen-bond donors (Lipinski definition) is 2. The lowest BCUT2D eigenvalue weighted by molar-refractivity contribution is 0.580. The molecule has 19 heavy (non-hydrogen) atoms. The predicted molar refractivity (Wildman–Crippen MR) is 79.4 cm³/mol. The van der Waals surface area contributed by atoms with Gasteiger partial charge in [-0.05, 0) is 41.1 Å². The van der Waals surface area contributed by atoms with E-state index in [2.05, 4.69) is 25.6 Å². The number of benzene rings is 1. The molecule has 0 unspecified atom stereocenters. The van der Waals surface area contributed by atoms with Crippen molar-refractivity contribution in [3.8, 4) is 0 Å². The summed E-state index contributed by atoms with van der Waals surface area (Å²) >= 11 is 4.67. The molecule has 0 spiro atoms. The lowest BCUT2D eigenvalue weighted by Crippen LogP contribution is -2.23. The van der Waals surface area contributed by atoms with Gasteiger partial charge in [-0.15, -0.1) is 11.3 Å². The quantitative estimate of drug-likeness (QED) is 0.818. The molecule has 0 aliphatic carbocycles. The van der Waals surface area contributed by atoms with Crippen LogP contribution >= 0.6 is 27.3 Å². The van der Waals surface area contributed by atoms with Gasteiger partial charge in [-0.2, -0.15) is 0 Å². The highest BCUT2D eigenvalue weighted by molar-refractivity contribution is 9.10. The summed E-state index contributed by atoms with van der Waals surface area (Å²) in [5.74, 6) is 0. The minimum Gasteiger partial charge on any atom is -0.399 e. The van der Waals surface area contributed by atoms with Crippen LogP contribution in [-0.2, 0) is 16.6 Å². The zero-order valence-corrected chi connectivity index (χ0v) is 13.3. The van der Waals surface area contributed by atoms with Crippen LogP contribution in [0.25, 0.3) is 0 Å². The van der Waals surface area contributed by atoms with Gasteiger partial charge >= 0.3 is 0 Å². The zero-order valence-electron chi connectivity index (χ0n) is 10.1. The molecule has 1 aromatic carbocycles. The molecule has 0 aliphatic heterocycles. The normalized spacial score (nSPS) is 11.7. The summed E-state index contributed by atoms with van der Waals surface area (Å²) in [5.41, 5.74) is 6.01. The van der Waals surface area contributed by atoms with Crippen molar-refractivity contribution in [1.29, 1.82) is 0 Å². The van der Waals surface area contributed by atoms with E-state index in [1.54, 1.807) is 18.3 Å². The molecule has 0 saturated carbocycles. The Morgan fingerprint density at radius 2 is 2.21 bits per heavy atom. The molecule has 0 aliphatic rings. The number of nitrogens with two attached hydrogens (primary N) is 1. The van der Waals surface area contributed by atoms with E-state index in [4.69, 9.17) is 5.73 Å². The van der Waals surface area contributed by atoms with Crippen LogP contribution in [0.15, 0.2) is 33.8 Å². The van der Waals surface area contributed by atoms with Crippen LogP contribution in [-0.4, -0.2) is 13.4 Å². The average molecular weight is 362 g/mol. The summed E-state index contributed by atoms with van der Waals surface area (Å²) < 4.78 is 27.3. The molecule has 0 atom stereocenters. The Balaban J connectivity index is 2.20. The third-order valence-corrected chi connectivity index (χ3v) is 5.64. The van der Waals surface area contributed by atoms with Crippen molar-refractivity contribution in [2.45, 2.75) is 18.4 Å². The van der Waals surface area contributed by atoms with Crippen molar-refractivity contribution in [3.63, 3.8) is 0 Å². The largest absolute Gasteiger partial charge is 0.399 e.